The lowest BCUT2D eigenvalue weighted by atomic mass is 10.3. The number of anilines is 3. The van der Waals surface area contributed by atoms with Gasteiger partial charge in [0.2, 0.25) is 5.95 Å². The van der Waals surface area contributed by atoms with Gasteiger partial charge in [-0.1, -0.05) is 12.1 Å². The molecular formula is C11H9BrF2N4O. The number of ether oxygens (including phenoxy) is 1. The Hall–Kier alpha value is -1.96. The summed E-state index contributed by atoms with van der Waals surface area (Å²) in [6.45, 7) is -2.91. The Balaban J connectivity index is 2.27. The summed E-state index contributed by atoms with van der Waals surface area (Å²) >= 11 is 3.16. The highest BCUT2D eigenvalue weighted by Gasteiger charge is 2.10. The Labute approximate surface area is 115 Å². The number of para-hydroxylation sites is 2. The number of nitrogen functional groups attached to an aromatic ring is 1. The van der Waals surface area contributed by atoms with Gasteiger partial charge in [-0.25, -0.2) is 4.98 Å². The average Bonchev–Trinajstić information content (AvgIpc) is 2.29. The molecule has 3 N–H and O–H groups in total. The third-order valence-electron chi connectivity index (χ3n) is 2.06. The van der Waals surface area contributed by atoms with Crippen molar-refractivity contribution in [3.8, 4) is 5.75 Å². The molecule has 0 radical (unpaired) electrons. The zero-order chi connectivity index (χ0) is 13.8. The molecule has 0 aliphatic rings. The quantitative estimate of drug-likeness (QED) is 0.842. The Morgan fingerprint density at radius 1 is 1.26 bits per heavy atom. The maximum Gasteiger partial charge on any atom is 0.387 e. The molecule has 5 nitrogen and oxygen atoms in total. The van der Waals surface area contributed by atoms with E-state index < -0.39 is 6.61 Å². The Bertz CT molecular complexity index is 562. The van der Waals surface area contributed by atoms with Gasteiger partial charge < -0.3 is 15.8 Å². The first-order chi connectivity index (χ1) is 9.04. The number of nitrogens with two attached hydrogens (primary N) is 1. The summed E-state index contributed by atoms with van der Waals surface area (Å²) in [6.07, 6.45) is 0. The van der Waals surface area contributed by atoms with Gasteiger partial charge in [0.25, 0.3) is 0 Å². The van der Waals surface area contributed by atoms with Crippen molar-refractivity contribution in [3.05, 3.63) is 34.9 Å². The number of aromatic nitrogens is 2. The smallest absolute Gasteiger partial charge is 0.387 e. The molecular weight excluding hydrogens is 322 g/mol. The van der Waals surface area contributed by atoms with Crippen LogP contribution in [0.2, 0.25) is 0 Å². The van der Waals surface area contributed by atoms with E-state index in [2.05, 4.69) is 36.0 Å². The van der Waals surface area contributed by atoms with Crippen LogP contribution in [0.5, 0.6) is 5.75 Å². The number of alkyl halides is 2. The summed E-state index contributed by atoms with van der Waals surface area (Å²) in [5.41, 5.74) is 5.88. The maximum atomic E-state index is 12.3. The van der Waals surface area contributed by atoms with Gasteiger partial charge in [-0.3, -0.25) is 0 Å². The summed E-state index contributed by atoms with van der Waals surface area (Å²) in [5.74, 6) is 0.425. The first kappa shape index (κ1) is 13.5. The second kappa shape index (κ2) is 5.79. The molecule has 0 aliphatic carbocycles. The number of halogens is 3. The van der Waals surface area contributed by atoms with Crippen molar-refractivity contribution in [2.45, 2.75) is 6.61 Å². The fourth-order valence-corrected chi connectivity index (χ4v) is 1.78. The molecule has 0 fully saturated rings. The van der Waals surface area contributed by atoms with Crippen LogP contribution in [0.25, 0.3) is 0 Å². The van der Waals surface area contributed by atoms with Crippen molar-refractivity contribution in [2.75, 3.05) is 11.1 Å². The van der Waals surface area contributed by atoms with E-state index in [1.807, 2.05) is 0 Å². The largest absolute Gasteiger partial charge is 0.433 e. The topological polar surface area (TPSA) is 73.1 Å². The van der Waals surface area contributed by atoms with Gasteiger partial charge in [-0.2, -0.15) is 13.8 Å². The predicted molar refractivity (Wildman–Crippen MR) is 70.5 cm³/mol. The normalized spacial score (nSPS) is 10.5. The summed E-state index contributed by atoms with van der Waals surface area (Å²) in [7, 11) is 0. The monoisotopic (exact) mass is 330 g/mol. The van der Waals surface area contributed by atoms with Crippen LogP contribution in [0.4, 0.5) is 26.2 Å². The van der Waals surface area contributed by atoms with Crippen LogP contribution in [-0.2, 0) is 0 Å². The molecule has 2 rings (SSSR count). The van der Waals surface area contributed by atoms with Crippen molar-refractivity contribution in [1.29, 1.82) is 0 Å². The first-order valence-electron chi connectivity index (χ1n) is 5.15. The van der Waals surface area contributed by atoms with Crippen LogP contribution in [0.3, 0.4) is 0 Å². The summed E-state index contributed by atoms with van der Waals surface area (Å²) in [5, 5.41) is 2.77. The molecule has 0 saturated carbocycles. The Kier molecular flexibility index (Phi) is 4.10. The van der Waals surface area contributed by atoms with E-state index in [0.717, 1.165) is 0 Å². The van der Waals surface area contributed by atoms with E-state index in [0.29, 0.717) is 10.3 Å². The average molecular weight is 331 g/mol. The lowest BCUT2D eigenvalue weighted by molar-refractivity contribution is -0.0493. The lowest BCUT2D eigenvalue weighted by Gasteiger charge is -2.11. The molecule has 0 saturated heterocycles. The molecule has 100 valence electrons. The molecule has 0 unspecified atom stereocenters. The highest BCUT2D eigenvalue weighted by Crippen LogP contribution is 2.28. The van der Waals surface area contributed by atoms with Crippen molar-refractivity contribution < 1.29 is 13.5 Å². The predicted octanol–water partition coefficient (Wildman–Crippen LogP) is 3.17. The Morgan fingerprint density at radius 2 is 2.00 bits per heavy atom. The van der Waals surface area contributed by atoms with Crippen molar-refractivity contribution >= 4 is 33.4 Å². The van der Waals surface area contributed by atoms with E-state index in [-0.39, 0.29) is 17.5 Å². The number of hydrogen-bond donors (Lipinski definition) is 2. The standard InChI is InChI=1S/C11H9BrF2N4O/c12-8-5-9(15)18-11(17-8)16-6-3-1-2-4-7(6)19-10(13)14/h1-5,10H,(H3,15,16,17,18). The third-order valence-corrected chi connectivity index (χ3v) is 2.47. The fourth-order valence-electron chi connectivity index (χ4n) is 1.38. The minimum absolute atomic E-state index is 0.000327. The molecule has 0 amide bonds. The third kappa shape index (κ3) is 3.75. The fraction of sp³-hybridized carbons (Fsp3) is 0.0909. The van der Waals surface area contributed by atoms with E-state index >= 15 is 0 Å². The molecule has 8 heteroatoms. The van der Waals surface area contributed by atoms with Crippen LogP contribution in [0, 0.1) is 0 Å². The highest BCUT2D eigenvalue weighted by molar-refractivity contribution is 9.10. The van der Waals surface area contributed by atoms with E-state index in [1.165, 1.54) is 12.1 Å². The van der Waals surface area contributed by atoms with Gasteiger partial charge in [0.05, 0.1) is 5.69 Å². The van der Waals surface area contributed by atoms with Crippen LogP contribution in [0.15, 0.2) is 34.9 Å². The van der Waals surface area contributed by atoms with Crippen molar-refractivity contribution in [1.82, 2.24) is 9.97 Å². The number of nitrogens with one attached hydrogen (secondary N) is 1. The molecule has 1 aromatic heterocycles. The molecule has 0 atom stereocenters. The van der Waals surface area contributed by atoms with Crippen LogP contribution < -0.4 is 15.8 Å². The van der Waals surface area contributed by atoms with Crippen molar-refractivity contribution in [2.24, 2.45) is 0 Å². The van der Waals surface area contributed by atoms with E-state index in [4.69, 9.17) is 5.73 Å². The van der Waals surface area contributed by atoms with Gasteiger partial charge in [0.1, 0.15) is 16.2 Å². The molecule has 0 bridgehead atoms. The van der Waals surface area contributed by atoms with Gasteiger partial charge in [-0.05, 0) is 28.1 Å². The van der Waals surface area contributed by atoms with Crippen molar-refractivity contribution in [3.63, 3.8) is 0 Å². The van der Waals surface area contributed by atoms with Gasteiger partial charge in [-0.15, -0.1) is 0 Å². The van der Waals surface area contributed by atoms with E-state index in [9.17, 15) is 8.78 Å². The van der Waals surface area contributed by atoms with Gasteiger partial charge in [0, 0.05) is 6.07 Å². The lowest BCUT2D eigenvalue weighted by Crippen LogP contribution is -2.06. The molecule has 0 aliphatic heterocycles. The molecule has 0 spiro atoms. The number of benzene rings is 1. The van der Waals surface area contributed by atoms with Gasteiger partial charge in [0.15, 0.2) is 0 Å². The van der Waals surface area contributed by atoms with Crippen LogP contribution in [-0.4, -0.2) is 16.6 Å². The first-order valence-corrected chi connectivity index (χ1v) is 5.95. The minimum atomic E-state index is -2.91. The van der Waals surface area contributed by atoms with Gasteiger partial charge >= 0.3 is 6.61 Å². The van der Waals surface area contributed by atoms with Crippen LogP contribution >= 0.6 is 15.9 Å². The zero-order valence-corrected chi connectivity index (χ0v) is 11.1. The zero-order valence-electron chi connectivity index (χ0n) is 9.48. The second-order valence-electron chi connectivity index (χ2n) is 3.44. The minimum Gasteiger partial charge on any atom is -0.433 e. The number of rotatable bonds is 4. The Morgan fingerprint density at radius 3 is 2.68 bits per heavy atom. The van der Waals surface area contributed by atoms with Crippen LogP contribution in [0.1, 0.15) is 0 Å². The summed E-state index contributed by atoms with van der Waals surface area (Å²) in [6, 6.07) is 7.75. The number of nitrogens with zero attached hydrogens (tertiary/aromatic N) is 2. The highest BCUT2D eigenvalue weighted by atomic mass is 79.9. The molecule has 2 aromatic rings. The summed E-state index contributed by atoms with van der Waals surface area (Å²) in [4.78, 5) is 7.95. The number of hydrogen-bond acceptors (Lipinski definition) is 5. The maximum absolute atomic E-state index is 12.3. The SMILES string of the molecule is Nc1cc(Br)nc(Nc2ccccc2OC(F)F)n1. The molecule has 1 heterocycles. The molecule has 19 heavy (non-hydrogen) atoms. The summed E-state index contributed by atoms with van der Waals surface area (Å²) < 4.78 is 29.4. The molecule has 1 aromatic carbocycles. The second-order valence-corrected chi connectivity index (χ2v) is 4.25. The van der Waals surface area contributed by atoms with E-state index in [1.54, 1.807) is 18.2 Å².